The van der Waals surface area contributed by atoms with E-state index in [0.29, 0.717) is 19.3 Å². The zero-order valence-corrected chi connectivity index (χ0v) is 40.5. The van der Waals surface area contributed by atoms with Crippen molar-refractivity contribution in [3.63, 3.8) is 0 Å². The van der Waals surface area contributed by atoms with Crippen LogP contribution in [0.3, 0.4) is 0 Å². The quantitative estimate of drug-likeness (QED) is 0.0211. The van der Waals surface area contributed by atoms with Crippen molar-refractivity contribution in [3.8, 4) is 0 Å². The van der Waals surface area contributed by atoms with Crippen molar-refractivity contribution in [3.05, 3.63) is 48.6 Å². The van der Waals surface area contributed by atoms with Gasteiger partial charge in [0.1, 0.15) is 85.5 Å². The van der Waals surface area contributed by atoms with Crippen LogP contribution < -0.4 is 0 Å². The van der Waals surface area contributed by atoms with Gasteiger partial charge in [0.25, 0.3) is 0 Å². The molecule has 0 aliphatic carbocycles. The van der Waals surface area contributed by atoms with E-state index in [1.165, 1.54) is 26.2 Å². The number of unbranched alkanes of at least 4 members (excludes halogenated alkanes) is 4. The van der Waals surface area contributed by atoms with E-state index in [1.54, 1.807) is 0 Å². The van der Waals surface area contributed by atoms with Crippen molar-refractivity contribution in [1.29, 1.82) is 0 Å². The average molecular weight is 1030 g/mol. The van der Waals surface area contributed by atoms with Crippen LogP contribution in [0, 0.1) is 5.92 Å². The molecule has 4 heterocycles. The molecule has 0 aromatic heterocycles. The van der Waals surface area contributed by atoms with Crippen LogP contribution in [0.25, 0.3) is 0 Å². The molecule has 71 heavy (non-hydrogen) atoms. The molecule has 23 nitrogen and oxygen atoms in total. The van der Waals surface area contributed by atoms with Gasteiger partial charge in [0, 0.05) is 12.3 Å². The molecule has 0 spiro atoms. The molecule has 0 amide bonds. The van der Waals surface area contributed by atoms with E-state index < -0.39 is 174 Å². The van der Waals surface area contributed by atoms with Gasteiger partial charge in [-0.15, -0.1) is 0 Å². The minimum atomic E-state index is -1.93. The van der Waals surface area contributed by atoms with Crippen LogP contribution in [-0.2, 0) is 47.4 Å². The molecule has 0 aromatic rings. The van der Waals surface area contributed by atoms with E-state index in [0.717, 1.165) is 19.3 Å². The first-order valence-electron chi connectivity index (χ1n) is 24.6. The Hall–Kier alpha value is -2.41. The molecular formula is C48H80O23. The summed E-state index contributed by atoms with van der Waals surface area (Å²) < 4.78 is 50.9. The lowest BCUT2D eigenvalue weighted by Crippen LogP contribution is -2.65. The normalized spacial score (nSPS) is 38.7. The third kappa shape index (κ3) is 18.1. The van der Waals surface area contributed by atoms with Gasteiger partial charge in [-0.25, -0.2) is 0 Å². The van der Waals surface area contributed by atoms with Crippen molar-refractivity contribution in [2.24, 2.45) is 5.92 Å². The Kier molecular flexibility index (Phi) is 27.7. The number of allylic oxidation sites excluding steroid dienone is 8. The van der Waals surface area contributed by atoms with Gasteiger partial charge in [0.15, 0.2) is 25.2 Å². The maximum Gasteiger partial charge on any atom is 0.306 e. The van der Waals surface area contributed by atoms with E-state index in [9.17, 15) is 71.2 Å². The fourth-order valence-corrected chi connectivity index (χ4v) is 8.27. The predicted molar refractivity (Wildman–Crippen MR) is 246 cm³/mol. The summed E-state index contributed by atoms with van der Waals surface area (Å²) in [6.45, 7) is -0.571. The van der Waals surface area contributed by atoms with Crippen LogP contribution in [0.2, 0.25) is 0 Å². The van der Waals surface area contributed by atoms with E-state index in [-0.39, 0.29) is 6.42 Å². The van der Waals surface area contributed by atoms with Crippen LogP contribution in [0.1, 0.15) is 78.1 Å². The highest BCUT2D eigenvalue weighted by atomic mass is 16.8. The van der Waals surface area contributed by atoms with Crippen molar-refractivity contribution in [1.82, 2.24) is 0 Å². The fourth-order valence-electron chi connectivity index (χ4n) is 8.27. The summed E-state index contributed by atoms with van der Waals surface area (Å²) in [7, 11) is 0. The van der Waals surface area contributed by atoms with E-state index in [4.69, 9.17) is 42.6 Å². The van der Waals surface area contributed by atoms with Gasteiger partial charge in [-0.1, -0.05) is 75.3 Å². The van der Waals surface area contributed by atoms with E-state index in [1.807, 2.05) is 18.2 Å². The smallest absolute Gasteiger partial charge is 0.306 e. The number of carbonyl (C=O) groups excluding carboxylic acids is 1. The lowest BCUT2D eigenvalue weighted by molar-refractivity contribution is -0.363. The highest BCUT2D eigenvalue weighted by Crippen LogP contribution is 2.33. The lowest BCUT2D eigenvalue weighted by Gasteiger charge is -2.46. The second kappa shape index (κ2) is 32.1. The Bertz CT molecular complexity index is 1520. The molecule has 410 valence electrons. The largest absolute Gasteiger partial charge is 0.457 e. The van der Waals surface area contributed by atoms with Crippen LogP contribution in [0.15, 0.2) is 48.6 Å². The maximum atomic E-state index is 13.3. The molecule has 4 aliphatic heterocycles. The van der Waals surface area contributed by atoms with Crippen molar-refractivity contribution >= 4 is 5.97 Å². The van der Waals surface area contributed by atoms with Gasteiger partial charge < -0.3 is 109 Å². The van der Waals surface area contributed by atoms with Crippen molar-refractivity contribution in [2.45, 2.75) is 201 Å². The monoisotopic (exact) mass is 1020 g/mol. The molecule has 21 atom stereocenters. The first-order chi connectivity index (χ1) is 34.1. The average Bonchev–Trinajstić information content (AvgIpc) is 3.36. The molecule has 4 fully saturated rings. The zero-order valence-electron chi connectivity index (χ0n) is 40.5. The summed E-state index contributed by atoms with van der Waals surface area (Å²) in [4.78, 5) is 13.3. The molecule has 0 bridgehead atoms. The van der Waals surface area contributed by atoms with Crippen LogP contribution in [0.5, 0.6) is 0 Å². The molecular weight excluding hydrogens is 945 g/mol. The molecule has 4 aliphatic rings. The number of hydrogen-bond acceptors (Lipinski definition) is 23. The van der Waals surface area contributed by atoms with Gasteiger partial charge in [-0.05, 0) is 44.9 Å². The Morgan fingerprint density at radius 3 is 1.35 bits per heavy atom. The number of ether oxygens (including phenoxy) is 9. The zero-order chi connectivity index (χ0) is 52.0. The third-order valence-electron chi connectivity index (χ3n) is 12.7. The first kappa shape index (κ1) is 61.1. The SMILES string of the molecule is CCCCC/C=C\C/C=C\C/C=C\C/C=C\CCCC(=O)OC(CO[C@@H]1O[C@H](CO)[C@@H](O)[C@H](O[C@@H]2O[C@H](CO)[C@@H](O)[C@H](O)[C@H]2O)[C@H]1O)CO[C@@H]1O[C@H](CO)[C@@H](O)[C@H](O[C@@H]2O[C@H](CO)[C@@H](C)[C@H](O)[C@H]2O)[C@H]1O. The number of hydrogen-bond donors (Lipinski definition) is 13. The maximum absolute atomic E-state index is 13.3. The topological polar surface area (TPSA) is 363 Å². The van der Waals surface area contributed by atoms with Gasteiger partial charge in [0.05, 0.1) is 51.8 Å². The van der Waals surface area contributed by atoms with Crippen LogP contribution in [0.4, 0.5) is 0 Å². The van der Waals surface area contributed by atoms with E-state index in [2.05, 4.69) is 37.3 Å². The third-order valence-corrected chi connectivity index (χ3v) is 12.7. The van der Waals surface area contributed by atoms with Gasteiger partial charge in [-0.3, -0.25) is 4.79 Å². The minimum Gasteiger partial charge on any atom is -0.457 e. The highest BCUT2D eigenvalue weighted by Gasteiger charge is 2.53. The predicted octanol–water partition coefficient (Wildman–Crippen LogP) is -2.40. The standard InChI is InChI=1S/C48H80O23/c1-3-4-5-6-7-8-9-10-11-12-13-14-15-16-17-18-19-20-33(53)65-28(25-63-45-41(61)43(36(56)31(23-51)67-45)70-47-39(59)34(54)27(2)29(21-49)66-47)26-64-46-42(62)44(37(57)32(24-52)68-46)71-48-40(60)38(58)35(55)30(22-50)69-48/h7-8,10-11,13-14,16-17,27-32,34-52,54-62H,3-6,9,12,15,18-26H2,1-2H3/b8-7-,11-10-,14-13-,17-16-/t27-,28?,29-,30-,31-,32-,34+,35-,36-,37-,38+,39-,40-,41-,42-,43+,44+,45-,46-,47+,48+/m1/s1. The molecule has 0 radical (unpaired) electrons. The number of aliphatic hydroxyl groups excluding tert-OH is 13. The summed E-state index contributed by atoms with van der Waals surface area (Å²) in [5, 5.41) is 136. The molecule has 13 N–H and O–H groups in total. The second-order valence-corrected chi connectivity index (χ2v) is 18.1. The fraction of sp³-hybridized carbons (Fsp3) is 0.812. The number of aliphatic hydroxyl groups is 13. The first-order valence-corrected chi connectivity index (χ1v) is 24.6. The minimum absolute atomic E-state index is 0.0782. The Labute approximate surface area is 414 Å². The summed E-state index contributed by atoms with van der Waals surface area (Å²) in [6, 6.07) is 0. The Morgan fingerprint density at radius 2 is 0.887 bits per heavy atom. The van der Waals surface area contributed by atoms with Crippen molar-refractivity contribution in [2.75, 3.05) is 39.6 Å². The molecule has 4 saturated heterocycles. The Morgan fingerprint density at radius 1 is 0.479 bits per heavy atom. The highest BCUT2D eigenvalue weighted by molar-refractivity contribution is 5.69. The molecule has 4 rings (SSSR count). The number of rotatable bonds is 29. The summed E-state index contributed by atoms with van der Waals surface area (Å²) >= 11 is 0. The van der Waals surface area contributed by atoms with E-state index >= 15 is 0 Å². The lowest BCUT2D eigenvalue weighted by atomic mass is 9.91. The van der Waals surface area contributed by atoms with Gasteiger partial charge in [0.2, 0.25) is 0 Å². The molecule has 0 aromatic carbocycles. The van der Waals surface area contributed by atoms with Gasteiger partial charge >= 0.3 is 5.97 Å². The number of carbonyl (C=O) groups is 1. The second-order valence-electron chi connectivity index (χ2n) is 18.1. The summed E-state index contributed by atoms with van der Waals surface area (Å²) in [5.41, 5.74) is 0. The Balaban J connectivity index is 1.40. The van der Waals surface area contributed by atoms with Crippen LogP contribution >= 0.6 is 0 Å². The van der Waals surface area contributed by atoms with Gasteiger partial charge in [-0.2, -0.15) is 0 Å². The van der Waals surface area contributed by atoms with Crippen LogP contribution in [-0.4, -0.2) is 235 Å². The molecule has 1 unspecified atom stereocenters. The van der Waals surface area contributed by atoms with Crippen molar-refractivity contribution < 1.29 is 114 Å². The number of esters is 1. The molecule has 0 saturated carbocycles. The summed E-state index contributed by atoms with van der Waals surface area (Å²) in [6.07, 6.45) is -8.49. The molecule has 23 heteroatoms. The summed E-state index contributed by atoms with van der Waals surface area (Å²) in [5.74, 6) is -1.44.